The van der Waals surface area contributed by atoms with Crippen molar-refractivity contribution in [3.05, 3.63) is 0 Å². The third kappa shape index (κ3) is 4.33. The molecule has 94 valence electrons. The van der Waals surface area contributed by atoms with Crippen LogP contribution in [0.25, 0.3) is 0 Å². The fourth-order valence-electron chi connectivity index (χ4n) is 2.84. The highest BCUT2D eigenvalue weighted by molar-refractivity contribution is 6.53. The van der Waals surface area contributed by atoms with Crippen molar-refractivity contribution in [1.29, 1.82) is 5.26 Å². The van der Waals surface area contributed by atoms with Crippen LogP contribution in [0, 0.1) is 11.2 Å². The first-order valence-electron chi connectivity index (χ1n) is 7.09. The van der Waals surface area contributed by atoms with E-state index >= 15 is 0 Å². The molecule has 0 aromatic rings. The van der Waals surface area contributed by atoms with Crippen molar-refractivity contribution >= 4 is 7.12 Å². The molecule has 0 aromatic heterocycles. The predicted octanol–water partition coefficient (Wildman–Crippen LogP) is 3.24. The van der Waals surface area contributed by atoms with Crippen molar-refractivity contribution < 1.29 is 9.31 Å². The van der Waals surface area contributed by atoms with Gasteiger partial charge in [-0.25, -0.2) is 5.26 Å². The zero-order valence-electron chi connectivity index (χ0n) is 10.6. The van der Waals surface area contributed by atoms with Gasteiger partial charge in [0.15, 0.2) is 0 Å². The Bertz CT molecular complexity index is 235. The Morgan fingerprint density at radius 3 is 1.53 bits per heavy atom. The van der Waals surface area contributed by atoms with E-state index in [9.17, 15) is 0 Å². The molecule has 0 spiro atoms. The fraction of sp³-hybridized carbons (Fsp3) is 0.923. The van der Waals surface area contributed by atoms with E-state index in [2.05, 4.69) is 5.97 Å². The maximum Gasteiger partial charge on any atom is 0.579 e. The Kier molecular flexibility index (Phi) is 5.34. The summed E-state index contributed by atoms with van der Waals surface area (Å²) in [4.78, 5) is 0. The summed E-state index contributed by atoms with van der Waals surface area (Å²) in [5.41, 5.74) is 0. The summed E-state index contributed by atoms with van der Waals surface area (Å²) >= 11 is 0. The number of hydrogen-bond acceptors (Lipinski definition) is 3. The average Bonchev–Trinajstić information content (AvgIpc) is 2.40. The number of rotatable bonds is 4. The van der Waals surface area contributed by atoms with Gasteiger partial charge >= 0.3 is 7.12 Å². The van der Waals surface area contributed by atoms with Crippen LogP contribution in [-0.2, 0) is 9.31 Å². The summed E-state index contributed by atoms with van der Waals surface area (Å²) in [7, 11) is -0.638. The van der Waals surface area contributed by atoms with Crippen molar-refractivity contribution in [1.82, 2.24) is 0 Å². The molecule has 0 N–H and O–H groups in total. The molecule has 2 aliphatic carbocycles. The van der Waals surface area contributed by atoms with E-state index in [0.29, 0.717) is 0 Å². The average molecular weight is 235 g/mol. The third-order valence-electron chi connectivity index (χ3n) is 3.84. The standard InChI is InChI=1S/C13H22BNO2/c15-11-14(16-12-7-3-1-4-8-12)17-13-9-5-2-6-10-13/h12-13H,1-10H2. The van der Waals surface area contributed by atoms with Crippen LogP contribution < -0.4 is 0 Å². The van der Waals surface area contributed by atoms with Crippen LogP contribution >= 0.6 is 0 Å². The van der Waals surface area contributed by atoms with Gasteiger partial charge in [0.2, 0.25) is 0 Å². The maximum absolute atomic E-state index is 9.09. The summed E-state index contributed by atoms with van der Waals surface area (Å²) < 4.78 is 11.5. The lowest BCUT2D eigenvalue weighted by Gasteiger charge is -2.27. The first-order chi connectivity index (χ1) is 8.38. The summed E-state index contributed by atoms with van der Waals surface area (Å²) in [5.74, 6) is 2.15. The minimum atomic E-state index is -0.638. The Morgan fingerprint density at radius 2 is 1.18 bits per heavy atom. The van der Waals surface area contributed by atoms with Crippen LogP contribution in [0.4, 0.5) is 0 Å². The Labute approximate surface area is 105 Å². The normalized spacial score (nSPS) is 23.2. The van der Waals surface area contributed by atoms with E-state index in [-0.39, 0.29) is 12.2 Å². The lowest BCUT2D eigenvalue weighted by atomic mass is 9.88. The SMILES string of the molecule is N#CB(OC1CCCCC1)OC1CCCCC1. The second kappa shape index (κ2) is 7.03. The van der Waals surface area contributed by atoms with Crippen LogP contribution in [0.5, 0.6) is 0 Å². The minimum absolute atomic E-state index is 0.247. The van der Waals surface area contributed by atoms with Crippen LogP contribution in [0.15, 0.2) is 0 Å². The van der Waals surface area contributed by atoms with Crippen molar-refractivity contribution in [2.45, 2.75) is 76.4 Å². The highest BCUT2D eigenvalue weighted by atomic mass is 16.6. The Morgan fingerprint density at radius 1 is 0.765 bits per heavy atom. The molecule has 0 heterocycles. The molecule has 2 rings (SSSR count). The van der Waals surface area contributed by atoms with E-state index in [4.69, 9.17) is 14.6 Å². The number of nitrogens with zero attached hydrogens (tertiary/aromatic N) is 1. The van der Waals surface area contributed by atoms with Gasteiger partial charge in [-0.1, -0.05) is 38.5 Å². The topological polar surface area (TPSA) is 42.2 Å². The van der Waals surface area contributed by atoms with Crippen LogP contribution in [0.3, 0.4) is 0 Å². The molecular weight excluding hydrogens is 213 g/mol. The molecule has 0 atom stereocenters. The van der Waals surface area contributed by atoms with E-state index in [1.54, 1.807) is 0 Å². The molecule has 4 heteroatoms. The van der Waals surface area contributed by atoms with Crippen LogP contribution in [0.2, 0.25) is 0 Å². The summed E-state index contributed by atoms with van der Waals surface area (Å²) in [5, 5.41) is 9.09. The molecule has 0 saturated heterocycles. The van der Waals surface area contributed by atoms with E-state index in [1.807, 2.05) is 0 Å². The van der Waals surface area contributed by atoms with Crippen LogP contribution in [0.1, 0.15) is 64.2 Å². The largest absolute Gasteiger partial charge is 0.579 e. The van der Waals surface area contributed by atoms with Gasteiger partial charge in [-0.05, 0) is 25.7 Å². The molecule has 0 aromatic carbocycles. The van der Waals surface area contributed by atoms with Gasteiger partial charge in [-0.15, -0.1) is 0 Å². The lowest BCUT2D eigenvalue weighted by molar-refractivity contribution is 0.0729. The zero-order valence-corrected chi connectivity index (χ0v) is 10.6. The molecule has 2 fully saturated rings. The number of hydrogen-bond donors (Lipinski definition) is 0. The van der Waals surface area contributed by atoms with E-state index < -0.39 is 7.12 Å². The van der Waals surface area contributed by atoms with Gasteiger partial charge in [0, 0.05) is 12.2 Å². The molecule has 2 saturated carbocycles. The van der Waals surface area contributed by atoms with Gasteiger partial charge in [-0.2, -0.15) is 0 Å². The summed E-state index contributed by atoms with van der Waals surface area (Å²) in [6.45, 7) is 0. The lowest BCUT2D eigenvalue weighted by Crippen LogP contribution is -2.34. The van der Waals surface area contributed by atoms with Gasteiger partial charge in [-0.3, -0.25) is 0 Å². The Hall–Kier alpha value is -0.525. The van der Waals surface area contributed by atoms with Crippen LogP contribution in [-0.4, -0.2) is 19.3 Å². The molecular formula is C13H22BNO2. The van der Waals surface area contributed by atoms with E-state index in [0.717, 1.165) is 25.7 Å². The Balaban J connectivity index is 1.73. The predicted molar refractivity (Wildman–Crippen MR) is 67.3 cm³/mol. The molecule has 0 bridgehead atoms. The minimum Gasteiger partial charge on any atom is -0.396 e. The first-order valence-corrected chi connectivity index (χ1v) is 7.09. The quantitative estimate of drug-likeness (QED) is 0.702. The molecule has 0 radical (unpaired) electrons. The second-order valence-electron chi connectivity index (χ2n) is 5.25. The molecule has 17 heavy (non-hydrogen) atoms. The van der Waals surface area contributed by atoms with Gasteiger partial charge in [0.05, 0.1) is 5.97 Å². The molecule has 2 aliphatic rings. The molecule has 0 aliphatic heterocycles. The second-order valence-corrected chi connectivity index (χ2v) is 5.25. The summed E-state index contributed by atoms with van der Waals surface area (Å²) in [6, 6.07) is 0. The first kappa shape index (κ1) is 12.9. The van der Waals surface area contributed by atoms with Gasteiger partial charge < -0.3 is 9.31 Å². The van der Waals surface area contributed by atoms with Crippen molar-refractivity contribution in [2.24, 2.45) is 0 Å². The highest BCUT2D eigenvalue weighted by Gasteiger charge is 2.28. The number of nitriles is 1. The van der Waals surface area contributed by atoms with E-state index in [1.165, 1.54) is 38.5 Å². The third-order valence-corrected chi connectivity index (χ3v) is 3.84. The maximum atomic E-state index is 9.09. The van der Waals surface area contributed by atoms with Gasteiger partial charge in [0.25, 0.3) is 0 Å². The fourth-order valence-corrected chi connectivity index (χ4v) is 2.84. The highest BCUT2D eigenvalue weighted by Crippen LogP contribution is 2.24. The molecule has 0 unspecified atom stereocenters. The van der Waals surface area contributed by atoms with Gasteiger partial charge in [0.1, 0.15) is 0 Å². The summed E-state index contributed by atoms with van der Waals surface area (Å²) in [6.07, 6.45) is 12.4. The zero-order chi connectivity index (χ0) is 11.9. The molecule has 0 amide bonds. The van der Waals surface area contributed by atoms with Crippen molar-refractivity contribution in [3.8, 4) is 5.97 Å². The molecule has 3 nitrogen and oxygen atoms in total. The van der Waals surface area contributed by atoms with Crippen molar-refractivity contribution in [3.63, 3.8) is 0 Å². The smallest absolute Gasteiger partial charge is 0.396 e. The van der Waals surface area contributed by atoms with Crippen molar-refractivity contribution in [2.75, 3.05) is 0 Å². The monoisotopic (exact) mass is 235 g/mol.